The molecule has 1 aliphatic heterocycles. The van der Waals surface area contributed by atoms with Crippen molar-refractivity contribution in [1.82, 2.24) is 4.90 Å². The van der Waals surface area contributed by atoms with E-state index in [1.807, 2.05) is 28.8 Å². The van der Waals surface area contributed by atoms with Crippen LogP contribution < -0.4 is 0 Å². The molecule has 2 heterocycles. The first kappa shape index (κ1) is 14.9. The minimum atomic E-state index is 0.112. The van der Waals surface area contributed by atoms with Crippen LogP contribution in [-0.2, 0) is 0 Å². The van der Waals surface area contributed by atoms with Crippen LogP contribution in [0.3, 0.4) is 0 Å². The van der Waals surface area contributed by atoms with Crippen molar-refractivity contribution < 1.29 is 4.79 Å². The molecule has 1 aliphatic rings. The fraction of sp³-hybridized carbons (Fsp3) is 0.312. The Morgan fingerprint density at radius 2 is 1.95 bits per heavy atom. The van der Waals surface area contributed by atoms with Gasteiger partial charge in [0.2, 0.25) is 0 Å². The quantitative estimate of drug-likeness (QED) is 0.790. The molecule has 110 valence electrons. The van der Waals surface area contributed by atoms with Crippen molar-refractivity contribution >= 4 is 40.6 Å². The van der Waals surface area contributed by atoms with Crippen LogP contribution in [0.4, 0.5) is 0 Å². The molecule has 2 aromatic rings. The predicted molar refractivity (Wildman–Crippen MR) is 91.5 cm³/mol. The number of halogens is 1. The summed E-state index contributed by atoms with van der Waals surface area (Å²) in [5, 5.41) is 0.482. The zero-order chi connectivity index (χ0) is 14.7. The second-order valence-corrected chi connectivity index (χ2v) is 7.98. The maximum atomic E-state index is 12.5. The number of amides is 1. The summed E-state index contributed by atoms with van der Waals surface area (Å²) in [6.45, 7) is 1.61. The summed E-state index contributed by atoms with van der Waals surface area (Å²) < 4.78 is 0.671. The average molecular weight is 338 g/mol. The van der Waals surface area contributed by atoms with Gasteiger partial charge in [0.1, 0.15) is 0 Å². The Balaban J connectivity index is 1.67. The van der Waals surface area contributed by atoms with E-state index >= 15 is 0 Å². The van der Waals surface area contributed by atoms with Crippen molar-refractivity contribution in [2.75, 3.05) is 18.8 Å². The molecule has 21 heavy (non-hydrogen) atoms. The van der Waals surface area contributed by atoms with Gasteiger partial charge in [-0.2, -0.15) is 11.8 Å². The van der Waals surface area contributed by atoms with Crippen LogP contribution in [0.5, 0.6) is 0 Å². The first-order chi connectivity index (χ1) is 10.2. The molecule has 2 nitrogen and oxygen atoms in total. The summed E-state index contributed by atoms with van der Waals surface area (Å²) >= 11 is 9.23. The number of benzene rings is 1. The fourth-order valence-corrected chi connectivity index (χ4v) is 4.74. The second kappa shape index (κ2) is 6.86. The molecule has 0 spiro atoms. The number of carbonyl (C=O) groups excluding carboxylic acids is 1. The van der Waals surface area contributed by atoms with Crippen LogP contribution in [0, 0.1) is 0 Å². The number of rotatable bonds is 2. The molecule has 0 radical (unpaired) electrons. The molecule has 0 N–H and O–H groups in total. The summed E-state index contributed by atoms with van der Waals surface area (Å²) in [6, 6.07) is 14.2. The molecule has 1 amide bonds. The third-order valence-corrected chi connectivity index (χ3v) is 6.13. The number of thioether (sulfide) groups is 1. The van der Waals surface area contributed by atoms with Gasteiger partial charge in [-0.1, -0.05) is 41.9 Å². The Bertz CT molecular complexity index is 614. The van der Waals surface area contributed by atoms with Crippen LogP contribution in [0.2, 0.25) is 4.34 Å². The van der Waals surface area contributed by atoms with Crippen LogP contribution in [-0.4, -0.2) is 29.6 Å². The monoisotopic (exact) mass is 337 g/mol. The molecule has 0 saturated carbocycles. The van der Waals surface area contributed by atoms with E-state index in [0.29, 0.717) is 9.59 Å². The maximum absolute atomic E-state index is 12.5. The van der Waals surface area contributed by atoms with Gasteiger partial charge in [0.05, 0.1) is 9.21 Å². The predicted octanol–water partition coefficient (Wildman–Crippen LogP) is 4.72. The minimum Gasteiger partial charge on any atom is -0.337 e. The second-order valence-electron chi connectivity index (χ2n) is 4.95. The average Bonchev–Trinajstić information content (AvgIpc) is 2.81. The lowest BCUT2D eigenvalue weighted by Gasteiger charge is -2.19. The van der Waals surface area contributed by atoms with E-state index in [-0.39, 0.29) is 5.91 Å². The van der Waals surface area contributed by atoms with Gasteiger partial charge in [-0.3, -0.25) is 4.79 Å². The van der Waals surface area contributed by atoms with Gasteiger partial charge in [0.15, 0.2) is 0 Å². The topological polar surface area (TPSA) is 20.3 Å². The van der Waals surface area contributed by atoms with Crippen LogP contribution >= 0.6 is 34.7 Å². The van der Waals surface area contributed by atoms with Crippen molar-refractivity contribution in [3.05, 3.63) is 57.2 Å². The van der Waals surface area contributed by atoms with Crippen molar-refractivity contribution in [2.24, 2.45) is 0 Å². The zero-order valence-electron chi connectivity index (χ0n) is 11.5. The van der Waals surface area contributed by atoms with E-state index in [2.05, 4.69) is 24.3 Å². The van der Waals surface area contributed by atoms with Crippen molar-refractivity contribution in [1.29, 1.82) is 0 Å². The Morgan fingerprint density at radius 3 is 2.67 bits per heavy atom. The lowest BCUT2D eigenvalue weighted by molar-refractivity contribution is 0.0771. The van der Waals surface area contributed by atoms with Gasteiger partial charge in [0, 0.05) is 24.1 Å². The maximum Gasteiger partial charge on any atom is 0.264 e. The Morgan fingerprint density at radius 1 is 1.14 bits per heavy atom. The molecule has 1 aromatic carbocycles. The molecule has 0 aliphatic carbocycles. The van der Waals surface area contributed by atoms with Gasteiger partial charge in [0.25, 0.3) is 5.91 Å². The van der Waals surface area contributed by atoms with Crippen molar-refractivity contribution in [2.45, 2.75) is 11.7 Å². The third-order valence-electron chi connectivity index (χ3n) is 3.58. The molecule has 0 unspecified atom stereocenters. The van der Waals surface area contributed by atoms with Crippen molar-refractivity contribution in [3.63, 3.8) is 0 Å². The summed E-state index contributed by atoms with van der Waals surface area (Å²) in [5.41, 5.74) is 1.36. The number of carbonyl (C=O) groups is 1. The van der Waals surface area contributed by atoms with E-state index < -0.39 is 0 Å². The highest BCUT2D eigenvalue weighted by Crippen LogP contribution is 2.34. The van der Waals surface area contributed by atoms with Gasteiger partial charge in [-0.15, -0.1) is 11.3 Å². The van der Waals surface area contributed by atoms with Crippen LogP contribution in [0.15, 0.2) is 42.5 Å². The van der Waals surface area contributed by atoms with E-state index in [4.69, 9.17) is 11.6 Å². The molecule has 5 heteroatoms. The number of thiophene rings is 1. The SMILES string of the molecule is O=C(c1ccc(Cl)s1)N1CCS[C@@H](c2ccccc2)CC1. The Labute approximate surface area is 138 Å². The normalized spacial score (nSPS) is 19.3. The smallest absolute Gasteiger partial charge is 0.264 e. The number of hydrogen-bond acceptors (Lipinski definition) is 3. The highest BCUT2D eigenvalue weighted by molar-refractivity contribution is 7.99. The molecule has 3 rings (SSSR count). The van der Waals surface area contributed by atoms with Gasteiger partial charge < -0.3 is 4.90 Å². The summed E-state index contributed by atoms with van der Waals surface area (Å²) in [7, 11) is 0. The Kier molecular flexibility index (Phi) is 4.88. The highest BCUT2D eigenvalue weighted by atomic mass is 35.5. The van der Waals surface area contributed by atoms with Crippen LogP contribution in [0.1, 0.15) is 26.9 Å². The Hall–Kier alpha value is -0.970. The number of nitrogens with zero attached hydrogens (tertiary/aromatic N) is 1. The zero-order valence-corrected chi connectivity index (χ0v) is 13.9. The van der Waals surface area contributed by atoms with Gasteiger partial charge >= 0.3 is 0 Å². The highest BCUT2D eigenvalue weighted by Gasteiger charge is 2.23. The van der Waals surface area contributed by atoms with Crippen molar-refractivity contribution in [3.8, 4) is 0 Å². The molecule has 1 atom stereocenters. The third kappa shape index (κ3) is 3.62. The number of hydrogen-bond donors (Lipinski definition) is 0. The fourth-order valence-electron chi connectivity index (χ4n) is 2.49. The first-order valence-corrected chi connectivity index (χ1v) is 9.19. The molecular formula is C16H16ClNOS2. The molecule has 1 saturated heterocycles. The largest absolute Gasteiger partial charge is 0.337 e. The van der Waals surface area contributed by atoms with E-state index in [9.17, 15) is 4.79 Å². The van der Waals surface area contributed by atoms with E-state index in [1.54, 1.807) is 6.07 Å². The molecule has 0 bridgehead atoms. The van der Waals surface area contributed by atoms with E-state index in [1.165, 1.54) is 16.9 Å². The molecule has 1 fully saturated rings. The lowest BCUT2D eigenvalue weighted by Crippen LogP contribution is -2.32. The first-order valence-electron chi connectivity index (χ1n) is 6.95. The minimum absolute atomic E-state index is 0.112. The van der Waals surface area contributed by atoms with E-state index in [0.717, 1.165) is 30.1 Å². The molecule has 1 aromatic heterocycles. The van der Waals surface area contributed by atoms with Crippen LogP contribution in [0.25, 0.3) is 0 Å². The summed E-state index contributed by atoms with van der Waals surface area (Å²) in [4.78, 5) is 15.2. The summed E-state index contributed by atoms with van der Waals surface area (Å²) in [5.74, 6) is 1.09. The van der Waals surface area contributed by atoms with Gasteiger partial charge in [-0.25, -0.2) is 0 Å². The standard InChI is InChI=1S/C16H16ClNOS2/c17-15-7-6-14(21-15)16(19)18-9-8-13(20-11-10-18)12-4-2-1-3-5-12/h1-7,13H,8-11H2/t13-/m1/s1. The van der Waals surface area contributed by atoms with Gasteiger partial charge in [-0.05, 0) is 24.1 Å². The lowest BCUT2D eigenvalue weighted by atomic mass is 10.1. The summed E-state index contributed by atoms with van der Waals surface area (Å²) in [6.07, 6.45) is 1.000. The molecular weight excluding hydrogens is 322 g/mol.